The number of hydrogen-bond acceptors (Lipinski definition) is 7. The predicted molar refractivity (Wildman–Crippen MR) is 127 cm³/mol. The third-order valence-corrected chi connectivity index (χ3v) is 6.67. The lowest BCUT2D eigenvalue weighted by Gasteiger charge is -2.16. The van der Waals surface area contributed by atoms with Gasteiger partial charge in [-0.05, 0) is 42.3 Å². The lowest BCUT2D eigenvalue weighted by molar-refractivity contribution is -0.140. The summed E-state index contributed by atoms with van der Waals surface area (Å²) in [7, 11) is 1.70. The molecular formula is C23H19FN2O6S2. The summed E-state index contributed by atoms with van der Waals surface area (Å²) < 4.78 is 25.5. The molecule has 34 heavy (non-hydrogen) atoms. The Kier molecular flexibility index (Phi) is 6.85. The summed E-state index contributed by atoms with van der Waals surface area (Å²) in [4.78, 5) is 37.4. The topological polar surface area (TPSA) is 96.4 Å². The van der Waals surface area contributed by atoms with Crippen LogP contribution in [0.2, 0.25) is 0 Å². The second-order valence-corrected chi connectivity index (χ2v) is 9.31. The van der Waals surface area contributed by atoms with E-state index in [1.165, 1.54) is 18.2 Å². The molecule has 0 bridgehead atoms. The molecule has 0 aromatic heterocycles. The van der Waals surface area contributed by atoms with Crippen LogP contribution in [-0.2, 0) is 20.7 Å². The summed E-state index contributed by atoms with van der Waals surface area (Å²) in [6.45, 7) is -0.192. The number of cyclic esters (lactones) is 1. The van der Waals surface area contributed by atoms with Crippen LogP contribution < -0.4 is 4.74 Å². The van der Waals surface area contributed by atoms with Gasteiger partial charge in [0.05, 0.1) is 10.9 Å². The molecular weight excluding hydrogens is 483 g/mol. The Morgan fingerprint density at radius 2 is 1.97 bits per heavy atom. The zero-order valence-corrected chi connectivity index (χ0v) is 19.5. The van der Waals surface area contributed by atoms with Crippen molar-refractivity contribution in [1.29, 1.82) is 0 Å². The van der Waals surface area contributed by atoms with Gasteiger partial charge in [-0.2, -0.15) is 0 Å². The Hall–Kier alpha value is -3.44. The number of nitrogens with zero attached hydrogens (tertiary/aromatic N) is 2. The number of carbonyl (C=O) groups is 3. The zero-order chi connectivity index (χ0) is 24.4. The number of rotatable bonds is 7. The Morgan fingerprint density at radius 1 is 1.26 bits per heavy atom. The first-order chi connectivity index (χ1) is 16.2. The molecule has 0 spiro atoms. The van der Waals surface area contributed by atoms with E-state index in [1.54, 1.807) is 30.1 Å². The van der Waals surface area contributed by atoms with Gasteiger partial charge in [0.2, 0.25) is 0 Å². The van der Waals surface area contributed by atoms with Crippen LogP contribution in [0.4, 0.5) is 9.18 Å². The summed E-state index contributed by atoms with van der Waals surface area (Å²) >= 11 is 5.97. The van der Waals surface area contributed by atoms with Gasteiger partial charge in [-0.15, -0.1) is 0 Å². The van der Waals surface area contributed by atoms with Crippen LogP contribution in [0.25, 0.3) is 6.08 Å². The first-order valence-corrected chi connectivity index (χ1v) is 11.4. The van der Waals surface area contributed by atoms with Crippen LogP contribution in [0, 0.1) is 5.82 Å². The third-order valence-electron chi connectivity index (χ3n) is 5.29. The van der Waals surface area contributed by atoms with Crippen LogP contribution in [-0.4, -0.2) is 63.4 Å². The Bertz CT molecular complexity index is 1200. The predicted octanol–water partition coefficient (Wildman–Crippen LogP) is 3.90. The lowest BCUT2D eigenvalue weighted by atomic mass is 10.1. The normalized spacial score (nSPS) is 19.2. The summed E-state index contributed by atoms with van der Waals surface area (Å²) in [5.74, 6) is -1.58. The van der Waals surface area contributed by atoms with Crippen molar-refractivity contribution in [2.24, 2.45) is 0 Å². The van der Waals surface area contributed by atoms with Gasteiger partial charge >= 0.3 is 12.1 Å². The van der Waals surface area contributed by atoms with Crippen molar-refractivity contribution in [3.8, 4) is 11.5 Å². The maximum absolute atomic E-state index is 14.7. The molecule has 2 aromatic rings. The molecule has 1 N–H and O–H groups in total. The summed E-state index contributed by atoms with van der Waals surface area (Å²) in [5, 5.41) is 8.90. The highest BCUT2D eigenvalue weighted by Gasteiger charge is 2.33. The van der Waals surface area contributed by atoms with Gasteiger partial charge in [0, 0.05) is 18.7 Å². The van der Waals surface area contributed by atoms with E-state index in [-0.39, 0.29) is 32.7 Å². The quantitative estimate of drug-likeness (QED) is 0.450. The number of carbonyl (C=O) groups excluding carboxylic acids is 2. The molecule has 1 unspecified atom stereocenters. The van der Waals surface area contributed by atoms with E-state index in [9.17, 15) is 18.8 Å². The van der Waals surface area contributed by atoms with Crippen molar-refractivity contribution in [3.05, 3.63) is 64.3 Å². The molecule has 2 fully saturated rings. The fourth-order valence-corrected chi connectivity index (χ4v) is 4.67. The molecule has 0 aliphatic carbocycles. The van der Waals surface area contributed by atoms with E-state index in [0.717, 1.165) is 22.2 Å². The molecule has 11 heteroatoms. The van der Waals surface area contributed by atoms with Crippen LogP contribution in [0.5, 0.6) is 11.5 Å². The molecule has 0 saturated carbocycles. The number of ether oxygens (including phenoxy) is 2. The van der Waals surface area contributed by atoms with Crippen LogP contribution in [0.3, 0.4) is 0 Å². The first-order valence-electron chi connectivity index (χ1n) is 10.1. The summed E-state index contributed by atoms with van der Waals surface area (Å²) in [5.41, 5.74) is 1.15. The lowest BCUT2D eigenvalue weighted by Crippen LogP contribution is -2.33. The van der Waals surface area contributed by atoms with E-state index in [4.69, 9.17) is 26.8 Å². The molecule has 2 aliphatic rings. The van der Waals surface area contributed by atoms with E-state index in [0.29, 0.717) is 18.8 Å². The molecule has 1 atom stereocenters. The van der Waals surface area contributed by atoms with Gasteiger partial charge in [-0.25, -0.2) is 9.18 Å². The van der Waals surface area contributed by atoms with Crippen molar-refractivity contribution in [2.45, 2.75) is 12.5 Å². The van der Waals surface area contributed by atoms with Crippen molar-refractivity contribution >= 4 is 52.3 Å². The number of hydrogen-bond donors (Lipinski definition) is 1. The molecule has 4 rings (SSSR count). The van der Waals surface area contributed by atoms with Crippen LogP contribution >= 0.6 is 24.0 Å². The van der Waals surface area contributed by atoms with Crippen molar-refractivity contribution in [2.75, 3.05) is 20.2 Å². The first kappa shape index (κ1) is 23.7. The van der Waals surface area contributed by atoms with E-state index in [1.807, 2.05) is 12.1 Å². The number of carboxylic acids is 1. The summed E-state index contributed by atoms with van der Waals surface area (Å²) in [6.07, 6.45) is 1.65. The highest BCUT2D eigenvalue weighted by Crippen LogP contribution is 2.33. The van der Waals surface area contributed by atoms with E-state index >= 15 is 0 Å². The fraction of sp³-hybridized carbons (Fsp3) is 0.217. The fourth-order valence-electron chi connectivity index (χ4n) is 3.43. The SMILES string of the molecule is CN1C(=O)OCC1Cc1ccc(Oc2ccc(/C=C3/SC(=S)N(CC(=O)O)C3=O)c(F)c2)cc1. The van der Waals surface area contributed by atoms with Gasteiger partial charge in [0.15, 0.2) is 0 Å². The molecule has 2 aromatic carbocycles. The van der Waals surface area contributed by atoms with E-state index in [2.05, 4.69) is 0 Å². The Labute approximate surface area is 203 Å². The van der Waals surface area contributed by atoms with Crippen molar-refractivity contribution in [1.82, 2.24) is 9.80 Å². The van der Waals surface area contributed by atoms with Crippen LogP contribution in [0.1, 0.15) is 11.1 Å². The average molecular weight is 503 g/mol. The van der Waals surface area contributed by atoms with Crippen molar-refractivity contribution in [3.63, 3.8) is 0 Å². The number of thiocarbonyl (C=S) groups is 1. The van der Waals surface area contributed by atoms with Crippen LogP contribution in [0.15, 0.2) is 47.4 Å². The Balaban J connectivity index is 1.41. The second kappa shape index (κ2) is 9.82. The molecule has 0 radical (unpaired) electrons. The standard InChI is InChI=1S/C23H19FN2O6S2/c1-25-15(12-31-22(25)30)8-13-2-5-16(6-3-13)32-17-7-4-14(18(24)10-17)9-19-21(29)26(11-20(27)28)23(33)34-19/h2-7,9-10,15H,8,11-12H2,1H3,(H,27,28)/b19-9+. The molecule has 8 nitrogen and oxygen atoms in total. The largest absolute Gasteiger partial charge is 0.480 e. The van der Waals surface area contributed by atoms with Crippen molar-refractivity contribution < 1.29 is 33.4 Å². The number of thioether (sulfide) groups is 1. The number of aliphatic carboxylic acids is 1. The minimum atomic E-state index is -1.19. The Morgan fingerprint density at radius 3 is 2.59 bits per heavy atom. The maximum atomic E-state index is 14.7. The average Bonchev–Trinajstić information content (AvgIpc) is 3.24. The van der Waals surface area contributed by atoms with Gasteiger partial charge in [0.25, 0.3) is 5.91 Å². The molecule has 2 amide bonds. The highest BCUT2D eigenvalue weighted by atomic mass is 32.2. The number of carboxylic acid groups (broad SMARTS) is 1. The molecule has 2 saturated heterocycles. The maximum Gasteiger partial charge on any atom is 0.409 e. The minimum absolute atomic E-state index is 0.0227. The highest BCUT2D eigenvalue weighted by molar-refractivity contribution is 8.26. The van der Waals surface area contributed by atoms with Gasteiger partial charge in [-0.3, -0.25) is 14.5 Å². The second-order valence-electron chi connectivity index (χ2n) is 7.64. The third kappa shape index (κ3) is 5.20. The van der Waals surface area contributed by atoms with E-state index < -0.39 is 24.2 Å². The number of benzene rings is 2. The van der Waals surface area contributed by atoms with Gasteiger partial charge in [-0.1, -0.05) is 36.1 Å². The number of likely N-dealkylation sites (N-methyl/N-ethyl adjacent to an activating group) is 1. The molecule has 2 heterocycles. The molecule has 2 aliphatic heterocycles. The zero-order valence-electron chi connectivity index (χ0n) is 17.9. The number of amides is 2. The van der Waals surface area contributed by atoms with Gasteiger partial charge in [0.1, 0.15) is 34.8 Å². The monoisotopic (exact) mass is 502 g/mol. The smallest absolute Gasteiger partial charge is 0.409 e. The number of halogens is 1. The van der Waals surface area contributed by atoms with Gasteiger partial charge < -0.3 is 19.5 Å². The molecule has 176 valence electrons. The summed E-state index contributed by atoms with van der Waals surface area (Å²) in [6, 6.07) is 11.5. The minimum Gasteiger partial charge on any atom is -0.480 e.